The van der Waals surface area contributed by atoms with E-state index in [2.05, 4.69) is 161 Å². The van der Waals surface area contributed by atoms with Crippen molar-refractivity contribution < 1.29 is 0 Å². The summed E-state index contributed by atoms with van der Waals surface area (Å²) in [4.78, 5) is 15.1. The largest absolute Gasteiger partial charge is 0.370 e. The minimum Gasteiger partial charge on any atom is -0.370 e. The molecule has 0 atom stereocenters. The highest BCUT2D eigenvalue weighted by atomic mass is 15.2. The van der Waals surface area contributed by atoms with Crippen molar-refractivity contribution in [3.63, 3.8) is 0 Å². The van der Waals surface area contributed by atoms with Gasteiger partial charge >= 0.3 is 0 Å². The lowest BCUT2D eigenvalue weighted by atomic mass is 10.0. The highest BCUT2D eigenvalue weighted by Crippen LogP contribution is 2.42. The SMILES string of the molecule is CCN(CC)c1cc(C=CC=Cc2cc(N(CC)CC)c(N(CC)CC)c(N(CC)CC)c2)cc(N(CC)CC)c1N(CC)CC. The van der Waals surface area contributed by atoms with Crippen molar-refractivity contribution in [3.05, 3.63) is 47.5 Å². The van der Waals surface area contributed by atoms with Crippen LogP contribution in [0.25, 0.3) is 12.2 Å². The van der Waals surface area contributed by atoms with Crippen LogP contribution in [0.15, 0.2) is 36.4 Å². The maximum absolute atomic E-state index is 2.53. The smallest absolute Gasteiger partial charge is 0.0841 e. The van der Waals surface area contributed by atoms with Gasteiger partial charge in [-0.25, -0.2) is 0 Å². The van der Waals surface area contributed by atoms with Gasteiger partial charge < -0.3 is 29.4 Å². The molecule has 0 radical (unpaired) electrons. The van der Waals surface area contributed by atoms with E-state index >= 15 is 0 Å². The van der Waals surface area contributed by atoms with E-state index in [-0.39, 0.29) is 0 Å². The molecule has 0 spiro atoms. The minimum atomic E-state index is 0.989. The standard InChI is InChI=1S/C40H68N6/c1-13-41(14-2)35-29-33(30-36(42(15-3)16-4)39(35)45(21-9)22-10)27-25-26-28-34-31-37(43(17-5)18-6)40(46(23-11)24-12)38(32-34)44(19-7)20-8/h25-32H,13-24H2,1-12H3. The van der Waals surface area contributed by atoms with Gasteiger partial charge in [0.25, 0.3) is 0 Å². The first kappa shape index (κ1) is 38.9. The lowest BCUT2D eigenvalue weighted by molar-refractivity contribution is 0.815. The molecule has 0 unspecified atom stereocenters. The summed E-state index contributed by atoms with van der Waals surface area (Å²) >= 11 is 0. The van der Waals surface area contributed by atoms with E-state index < -0.39 is 0 Å². The molecule has 0 bridgehead atoms. The van der Waals surface area contributed by atoms with Gasteiger partial charge in [-0.15, -0.1) is 0 Å². The fraction of sp³-hybridized carbons (Fsp3) is 0.600. The van der Waals surface area contributed by atoms with Crippen LogP contribution < -0.4 is 29.4 Å². The van der Waals surface area contributed by atoms with Gasteiger partial charge in [0.1, 0.15) is 0 Å². The average Bonchev–Trinajstić information content (AvgIpc) is 3.08. The number of anilines is 6. The zero-order valence-electron chi connectivity index (χ0n) is 31.8. The van der Waals surface area contributed by atoms with Gasteiger partial charge in [0.15, 0.2) is 0 Å². The number of hydrogen-bond acceptors (Lipinski definition) is 6. The summed E-state index contributed by atoms with van der Waals surface area (Å²) < 4.78 is 0. The van der Waals surface area contributed by atoms with Crippen molar-refractivity contribution >= 4 is 46.3 Å². The monoisotopic (exact) mass is 633 g/mol. The summed E-state index contributed by atoms with van der Waals surface area (Å²) in [5, 5.41) is 0. The molecule has 0 N–H and O–H groups in total. The van der Waals surface area contributed by atoms with E-state index in [1.54, 1.807) is 0 Å². The van der Waals surface area contributed by atoms with E-state index in [1.807, 2.05) is 0 Å². The molecule has 0 aliphatic heterocycles. The van der Waals surface area contributed by atoms with Crippen molar-refractivity contribution in [2.24, 2.45) is 0 Å². The van der Waals surface area contributed by atoms with E-state index in [0.717, 1.165) is 78.5 Å². The summed E-state index contributed by atoms with van der Waals surface area (Å²) in [6.07, 6.45) is 9.00. The van der Waals surface area contributed by atoms with Crippen LogP contribution in [0.2, 0.25) is 0 Å². The van der Waals surface area contributed by atoms with Crippen LogP contribution in [0.1, 0.15) is 94.2 Å². The maximum atomic E-state index is 2.53. The number of benzene rings is 2. The van der Waals surface area contributed by atoms with Crippen LogP contribution in [0.3, 0.4) is 0 Å². The summed E-state index contributed by atoms with van der Waals surface area (Å²) in [5.74, 6) is 0. The molecular weight excluding hydrogens is 564 g/mol. The Morgan fingerprint density at radius 2 is 0.522 bits per heavy atom. The second kappa shape index (κ2) is 20.1. The van der Waals surface area contributed by atoms with Crippen LogP contribution in [-0.4, -0.2) is 78.5 Å². The number of hydrogen-bond donors (Lipinski definition) is 0. The molecule has 0 aromatic heterocycles. The minimum absolute atomic E-state index is 0.989. The topological polar surface area (TPSA) is 19.4 Å². The highest BCUT2D eigenvalue weighted by Gasteiger charge is 2.22. The lowest BCUT2D eigenvalue weighted by Crippen LogP contribution is -2.32. The summed E-state index contributed by atoms with van der Waals surface area (Å²) in [6.45, 7) is 39.1. The molecule has 6 nitrogen and oxygen atoms in total. The first-order chi connectivity index (χ1) is 22.3. The second-order valence-electron chi connectivity index (χ2n) is 11.6. The number of allylic oxidation sites excluding steroid dienone is 2. The van der Waals surface area contributed by atoms with Gasteiger partial charge in [-0.1, -0.05) is 24.3 Å². The Bertz CT molecular complexity index is 1050. The fourth-order valence-electron chi connectivity index (χ4n) is 6.73. The van der Waals surface area contributed by atoms with Crippen LogP contribution in [0.4, 0.5) is 34.1 Å². The van der Waals surface area contributed by atoms with Crippen molar-refractivity contribution in [1.82, 2.24) is 0 Å². The van der Waals surface area contributed by atoms with Gasteiger partial charge in [0.2, 0.25) is 0 Å². The molecule has 2 aromatic carbocycles. The van der Waals surface area contributed by atoms with Crippen LogP contribution >= 0.6 is 0 Å². The van der Waals surface area contributed by atoms with Crippen LogP contribution in [-0.2, 0) is 0 Å². The molecule has 46 heavy (non-hydrogen) atoms. The van der Waals surface area contributed by atoms with Gasteiger partial charge in [-0.05, 0) is 118 Å². The Morgan fingerprint density at radius 1 is 0.326 bits per heavy atom. The molecule has 258 valence electrons. The molecule has 2 aromatic rings. The maximum Gasteiger partial charge on any atom is 0.0841 e. The molecular formula is C40H68N6. The van der Waals surface area contributed by atoms with Gasteiger partial charge in [-0.3, -0.25) is 0 Å². The number of rotatable bonds is 21. The Morgan fingerprint density at radius 3 is 0.696 bits per heavy atom. The van der Waals surface area contributed by atoms with Crippen LogP contribution in [0, 0.1) is 0 Å². The molecule has 0 aliphatic rings. The summed E-state index contributed by atoms with van der Waals surface area (Å²) in [7, 11) is 0. The third kappa shape index (κ3) is 9.17. The molecule has 0 heterocycles. The Balaban J connectivity index is 2.72. The first-order valence-corrected chi connectivity index (χ1v) is 18.5. The van der Waals surface area contributed by atoms with Crippen LogP contribution in [0.5, 0.6) is 0 Å². The Labute approximate surface area is 284 Å². The van der Waals surface area contributed by atoms with Crippen molar-refractivity contribution in [2.75, 3.05) is 108 Å². The predicted octanol–water partition coefficient (Wildman–Crippen LogP) is 9.49. The van der Waals surface area contributed by atoms with E-state index in [4.69, 9.17) is 0 Å². The van der Waals surface area contributed by atoms with E-state index in [1.165, 1.54) is 45.3 Å². The number of nitrogens with zero attached hydrogens (tertiary/aromatic N) is 6. The normalized spacial score (nSPS) is 11.5. The van der Waals surface area contributed by atoms with E-state index in [0.29, 0.717) is 0 Å². The fourth-order valence-corrected chi connectivity index (χ4v) is 6.73. The van der Waals surface area contributed by atoms with Gasteiger partial charge in [0.05, 0.1) is 34.1 Å². The quantitative estimate of drug-likeness (QED) is 0.127. The Hall–Kier alpha value is -3.28. The summed E-state index contributed by atoms with van der Waals surface area (Å²) in [5.41, 5.74) is 10.6. The third-order valence-electron chi connectivity index (χ3n) is 9.45. The second-order valence-corrected chi connectivity index (χ2v) is 11.6. The Kier molecular flexibility index (Phi) is 17.0. The predicted molar refractivity (Wildman–Crippen MR) is 212 cm³/mol. The lowest BCUT2D eigenvalue weighted by Gasteiger charge is -2.36. The molecule has 6 heteroatoms. The first-order valence-electron chi connectivity index (χ1n) is 18.5. The zero-order valence-corrected chi connectivity index (χ0v) is 31.8. The van der Waals surface area contributed by atoms with Gasteiger partial charge in [-0.2, -0.15) is 0 Å². The zero-order chi connectivity index (χ0) is 34.2. The summed E-state index contributed by atoms with van der Waals surface area (Å²) in [6, 6.07) is 9.59. The molecule has 2 rings (SSSR count). The van der Waals surface area contributed by atoms with Crippen molar-refractivity contribution in [2.45, 2.75) is 83.1 Å². The van der Waals surface area contributed by atoms with Gasteiger partial charge in [0, 0.05) is 78.5 Å². The molecule has 0 saturated heterocycles. The molecule has 0 saturated carbocycles. The molecule has 0 fully saturated rings. The highest BCUT2D eigenvalue weighted by molar-refractivity contribution is 5.89. The van der Waals surface area contributed by atoms with Crippen molar-refractivity contribution in [3.8, 4) is 0 Å². The molecule has 0 amide bonds. The van der Waals surface area contributed by atoms with Crippen molar-refractivity contribution in [1.29, 1.82) is 0 Å². The average molecular weight is 633 g/mol. The molecule has 0 aliphatic carbocycles. The third-order valence-corrected chi connectivity index (χ3v) is 9.45. The van der Waals surface area contributed by atoms with E-state index in [9.17, 15) is 0 Å².